The van der Waals surface area contributed by atoms with Crippen molar-refractivity contribution in [3.8, 4) is 0 Å². The number of amides is 4. The van der Waals surface area contributed by atoms with E-state index >= 15 is 0 Å². The van der Waals surface area contributed by atoms with E-state index in [1.54, 1.807) is 0 Å². The standard InChI is InChI=1S/C26H27N3O3/c30-22(15-29-24(31)26(28-25(29)32)11-5-6-12-26)27-14-16-13-21-17-7-1-3-9-19(17)23(16)20-10-4-2-8-18(20)21/h1-4,7-10,16,21,23H,5-6,11-15H2,(H,27,30)(H,28,32). The minimum Gasteiger partial charge on any atom is -0.354 e. The summed E-state index contributed by atoms with van der Waals surface area (Å²) in [7, 11) is 0. The van der Waals surface area contributed by atoms with Crippen LogP contribution in [0.4, 0.5) is 4.79 Å². The van der Waals surface area contributed by atoms with Gasteiger partial charge in [-0.3, -0.25) is 14.5 Å². The largest absolute Gasteiger partial charge is 0.354 e. The van der Waals surface area contributed by atoms with E-state index in [1.807, 2.05) is 0 Å². The number of hydrogen-bond donors (Lipinski definition) is 2. The van der Waals surface area contributed by atoms with Crippen LogP contribution in [0, 0.1) is 5.92 Å². The molecule has 6 nitrogen and oxygen atoms in total. The molecule has 1 atom stereocenters. The second kappa shape index (κ2) is 7.19. The molecule has 2 aromatic rings. The average molecular weight is 430 g/mol. The maximum atomic E-state index is 12.8. The SMILES string of the molecule is O=C(CN1C(=O)NC2(CCCC2)C1=O)NCC1CC2c3ccccc3C1c1ccccc12. The minimum atomic E-state index is -0.771. The fraction of sp³-hybridized carbons (Fsp3) is 0.423. The predicted octanol–water partition coefficient (Wildman–Crippen LogP) is 3.26. The Balaban J connectivity index is 1.17. The van der Waals surface area contributed by atoms with Crippen LogP contribution < -0.4 is 10.6 Å². The summed E-state index contributed by atoms with van der Waals surface area (Å²) >= 11 is 0. The van der Waals surface area contributed by atoms with E-state index in [-0.39, 0.29) is 30.2 Å². The van der Waals surface area contributed by atoms with Gasteiger partial charge >= 0.3 is 6.03 Å². The molecule has 4 amide bonds. The van der Waals surface area contributed by atoms with Crippen molar-refractivity contribution < 1.29 is 14.4 Å². The van der Waals surface area contributed by atoms with Crippen LogP contribution in [0.3, 0.4) is 0 Å². The van der Waals surface area contributed by atoms with Gasteiger partial charge in [0.15, 0.2) is 0 Å². The summed E-state index contributed by atoms with van der Waals surface area (Å²) in [6.45, 7) is 0.331. The number of urea groups is 1. The monoisotopic (exact) mass is 429 g/mol. The molecular formula is C26H27N3O3. The third-order valence-corrected chi connectivity index (χ3v) is 7.99. The third kappa shape index (κ3) is 2.81. The highest BCUT2D eigenvalue weighted by atomic mass is 16.2. The van der Waals surface area contributed by atoms with Gasteiger partial charge in [-0.15, -0.1) is 0 Å². The first-order valence-electron chi connectivity index (χ1n) is 11.7. The van der Waals surface area contributed by atoms with Crippen LogP contribution >= 0.6 is 0 Å². The van der Waals surface area contributed by atoms with Crippen molar-refractivity contribution in [3.05, 3.63) is 70.8 Å². The van der Waals surface area contributed by atoms with E-state index in [1.165, 1.54) is 22.3 Å². The molecule has 32 heavy (non-hydrogen) atoms. The average Bonchev–Trinajstić information content (AvgIpc) is 3.38. The molecular weight excluding hydrogens is 402 g/mol. The van der Waals surface area contributed by atoms with E-state index in [0.717, 1.165) is 24.2 Å². The van der Waals surface area contributed by atoms with Crippen molar-refractivity contribution in [1.82, 2.24) is 15.5 Å². The zero-order valence-corrected chi connectivity index (χ0v) is 18.0. The number of carbonyl (C=O) groups is 3. The quantitative estimate of drug-likeness (QED) is 0.733. The molecule has 1 saturated heterocycles. The number of carbonyl (C=O) groups excluding carboxylic acids is 3. The molecule has 4 aliphatic carbocycles. The Morgan fingerprint density at radius 1 is 0.969 bits per heavy atom. The number of nitrogens with one attached hydrogen (secondary N) is 2. The number of fused-ring (bicyclic) bond motifs is 1. The topological polar surface area (TPSA) is 78.5 Å². The molecule has 1 saturated carbocycles. The second-order valence-electron chi connectivity index (χ2n) is 9.70. The molecule has 1 unspecified atom stereocenters. The molecule has 2 aromatic carbocycles. The predicted molar refractivity (Wildman–Crippen MR) is 119 cm³/mol. The maximum absolute atomic E-state index is 12.8. The first-order valence-corrected chi connectivity index (χ1v) is 11.7. The van der Waals surface area contributed by atoms with Gasteiger partial charge in [0.25, 0.3) is 5.91 Å². The Morgan fingerprint density at radius 3 is 2.19 bits per heavy atom. The van der Waals surface area contributed by atoms with E-state index in [2.05, 4.69) is 59.2 Å². The molecule has 5 aliphatic rings. The molecule has 164 valence electrons. The van der Waals surface area contributed by atoms with Gasteiger partial charge in [-0.2, -0.15) is 0 Å². The Labute approximate surface area is 187 Å². The lowest BCUT2D eigenvalue weighted by Crippen LogP contribution is -2.46. The number of nitrogens with zero attached hydrogens (tertiary/aromatic N) is 1. The highest BCUT2D eigenvalue weighted by molar-refractivity contribution is 6.09. The molecule has 0 radical (unpaired) electrons. The zero-order chi connectivity index (χ0) is 21.9. The summed E-state index contributed by atoms with van der Waals surface area (Å²) in [5, 5.41) is 5.87. The van der Waals surface area contributed by atoms with Crippen LogP contribution in [0.1, 0.15) is 66.2 Å². The van der Waals surface area contributed by atoms with Crippen molar-refractivity contribution in [1.29, 1.82) is 0 Å². The van der Waals surface area contributed by atoms with Gasteiger partial charge in [-0.05, 0) is 47.4 Å². The van der Waals surface area contributed by atoms with Crippen LogP contribution in [-0.2, 0) is 9.59 Å². The number of rotatable bonds is 4. The highest BCUT2D eigenvalue weighted by Crippen LogP contribution is 2.55. The Morgan fingerprint density at radius 2 is 1.56 bits per heavy atom. The van der Waals surface area contributed by atoms with Gasteiger partial charge in [-0.1, -0.05) is 61.4 Å². The highest BCUT2D eigenvalue weighted by Gasteiger charge is 2.52. The Hall–Kier alpha value is -3.15. The Kier molecular flexibility index (Phi) is 4.39. The molecule has 2 fully saturated rings. The summed E-state index contributed by atoms with van der Waals surface area (Å²) in [6, 6.07) is 16.8. The zero-order valence-electron chi connectivity index (χ0n) is 18.0. The van der Waals surface area contributed by atoms with Gasteiger partial charge in [0.05, 0.1) is 0 Å². The van der Waals surface area contributed by atoms with E-state index in [9.17, 15) is 14.4 Å². The molecule has 6 heteroatoms. The molecule has 7 rings (SSSR count). The van der Waals surface area contributed by atoms with Gasteiger partial charge in [0.2, 0.25) is 5.91 Å². The number of benzene rings is 2. The lowest BCUT2D eigenvalue weighted by Gasteiger charge is -2.45. The van der Waals surface area contributed by atoms with E-state index < -0.39 is 11.6 Å². The van der Waals surface area contributed by atoms with Crippen molar-refractivity contribution >= 4 is 17.8 Å². The summed E-state index contributed by atoms with van der Waals surface area (Å²) in [4.78, 5) is 39.0. The van der Waals surface area contributed by atoms with Crippen LogP contribution in [0.15, 0.2) is 48.5 Å². The summed E-state index contributed by atoms with van der Waals surface area (Å²) in [5.41, 5.74) is 4.76. The van der Waals surface area contributed by atoms with Crippen molar-refractivity contribution in [3.63, 3.8) is 0 Å². The fourth-order valence-corrected chi connectivity index (χ4v) is 6.54. The van der Waals surface area contributed by atoms with Gasteiger partial charge < -0.3 is 10.6 Å². The van der Waals surface area contributed by atoms with Gasteiger partial charge in [0, 0.05) is 18.4 Å². The smallest absolute Gasteiger partial charge is 0.325 e. The number of hydrogen-bond acceptors (Lipinski definition) is 3. The van der Waals surface area contributed by atoms with Gasteiger partial charge in [-0.25, -0.2) is 4.79 Å². The van der Waals surface area contributed by atoms with Crippen LogP contribution in [-0.4, -0.2) is 41.4 Å². The lowest BCUT2D eigenvalue weighted by atomic mass is 9.59. The van der Waals surface area contributed by atoms with Crippen LogP contribution in [0.5, 0.6) is 0 Å². The van der Waals surface area contributed by atoms with Crippen LogP contribution in [0.25, 0.3) is 0 Å². The van der Waals surface area contributed by atoms with Crippen molar-refractivity contribution in [2.45, 2.75) is 49.5 Å². The van der Waals surface area contributed by atoms with E-state index in [4.69, 9.17) is 0 Å². The van der Waals surface area contributed by atoms with Crippen molar-refractivity contribution in [2.75, 3.05) is 13.1 Å². The molecule has 1 aliphatic heterocycles. The molecule has 2 bridgehead atoms. The Bertz CT molecular complexity index is 1070. The minimum absolute atomic E-state index is 0.208. The normalized spacial score (nSPS) is 26.8. The molecule has 0 aromatic heterocycles. The first kappa shape index (κ1) is 19.5. The molecule has 1 spiro atoms. The third-order valence-electron chi connectivity index (χ3n) is 7.99. The lowest BCUT2D eigenvalue weighted by molar-refractivity contribution is -0.134. The van der Waals surface area contributed by atoms with Gasteiger partial charge in [0.1, 0.15) is 12.1 Å². The first-order chi connectivity index (χ1) is 15.6. The van der Waals surface area contributed by atoms with Crippen LogP contribution in [0.2, 0.25) is 0 Å². The summed E-state index contributed by atoms with van der Waals surface area (Å²) in [6.07, 6.45) is 4.18. The molecule has 2 N–H and O–H groups in total. The van der Waals surface area contributed by atoms with E-state index in [0.29, 0.717) is 25.3 Å². The van der Waals surface area contributed by atoms with Crippen molar-refractivity contribution in [2.24, 2.45) is 5.92 Å². The fourth-order valence-electron chi connectivity index (χ4n) is 6.54. The molecule has 1 heterocycles. The maximum Gasteiger partial charge on any atom is 0.325 e. The summed E-state index contributed by atoms with van der Waals surface area (Å²) < 4.78 is 0. The number of imide groups is 1. The second-order valence-corrected chi connectivity index (χ2v) is 9.70. The summed E-state index contributed by atoms with van der Waals surface area (Å²) in [5.74, 6) is 0.382.